The monoisotopic (exact) mass is 244 g/mol. The van der Waals surface area contributed by atoms with Crippen LogP contribution >= 0.6 is 0 Å². The van der Waals surface area contributed by atoms with Crippen LogP contribution in [-0.2, 0) is 31.5 Å². The third-order valence-electron chi connectivity index (χ3n) is 0.889. The summed E-state index contributed by atoms with van der Waals surface area (Å²) in [5.74, 6) is 0. The van der Waals surface area contributed by atoms with Crippen molar-refractivity contribution in [1.82, 2.24) is 0 Å². The number of allylic oxidation sites excluding steroid dienone is 8. The average molecular weight is 244 g/mol. The Labute approximate surface area is 101 Å². The molecule has 0 aromatic heterocycles. The van der Waals surface area contributed by atoms with E-state index < -0.39 is 0 Å². The molecule has 15 heavy (non-hydrogen) atoms. The second-order valence-electron chi connectivity index (χ2n) is 1.54. The van der Waals surface area contributed by atoms with Gasteiger partial charge in [-0.3, -0.25) is 14.4 Å². The maximum absolute atomic E-state index is 7.50. The Morgan fingerprint density at radius 3 is 0.533 bits per heavy atom. The first kappa shape index (κ1) is 23.4. The Balaban J connectivity index is -0.0000000755. The number of hydrogen-bond donors (Lipinski definition) is 0. The molecule has 6 radical (unpaired) electrons. The molecule has 3 nitrogen and oxygen atoms in total. The molecule has 0 spiro atoms. The van der Waals surface area contributed by atoms with Gasteiger partial charge in [-0.1, -0.05) is 48.6 Å². The van der Waals surface area contributed by atoms with Crippen LogP contribution in [0.5, 0.6) is 0 Å². The SMILES string of the molecule is C1=C\C=C/C=C\C=C/1.[C]=O.[C]=O.[C]=O.[Fe]. The van der Waals surface area contributed by atoms with E-state index in [1.807, 2.05) is 48.6 Å². The largest absolute Gasteiger partial charge is 0.281 e. The van der Waals surface area contributed by atoms with E-state index in [9.17, 15) is 0 Å². The fourth-order valence-corrected chi connectivity index (χ4v) is 0.513. The van der Waals surface area contributed by atoms with Gasteiger partial charge in [0, 0.05) is 17.1 Å². The summed E-state index contributed by atoms with van der Waals surface area (Å²) in [5.41, 5.74) is 0. The Kier molecular flexibility index (Phi) is 61.0. The number of carbonyl (C=O) groups excluding carboxylic acids is 3. The molecule has 0 unspecified atom stereocenters. The molecule has 0 amide bonds. The minimum absolute atomic E-state index is 0. The fraction of sp³-hybridized carbons (Fsp3) is 0. The van der Waals surface area contributed by atoms with Crippen molar-refractivity contribution in [2.45, 2.75) is 0 Å². The van der Waals surface area contributed by atoms with Gasteiger partial charge in [-0.15, -0.1) is 0 Å². The van der Waals surface area contributed by atoms with Gasteiger partial charge in [0.25, 0.3) is 20.4 Å². The summed E-state index contributed by atoms with van der Waals surface area (Å²) in [5, 5.41) is 0. The van der Waals surface area contributed by atoms with Gasteiger partial charge in [-0.25, -0.2) is 0 Å². The van der Waals surface area contributed by atoms with Crippen molar-refractivity contribution in [2.75, 3.05) is 0 Å². The summed E-state index contributed by atoms with van der Waals surface area (Å²) in [6.45, 7) is 13.5. The Bertz CT molecular complexity index is 147. The van der Waals surface area contributed by atoms with E-state index in [1.54, 1.807) is 0 Å². The average Bonchev–Trinajstić information content (AvgIpc) is 2.26. The Morgan fingerprint density at radius 2 is 0.467 bits per heavy atom. The van der Waals surface area contributed by atoms with Crippen LogP contribution in [0.2, 0.25) is 0 Å². The summed E-state index contributed by atoms with van der Waals surface area (Å²) >= 11 is 0. The van der Waals surface area contributed by atoms with Gasteiger partial charge in [-0.05, 0) is 0 Å². The normalized spacial score (nSPS) is 17.9. The molecule has 0 fully saturated rings. The maximum Gasteiger partial charge on any atom is 0.281 e. The Morgan fingerprint density at radius 1 is 0.400 bits per heavy atom. The summed E-state index contributed by atoms with van der Waals surface area (Å²) in [7, 11) is 0. The minimum Gasteiger partial charge on any atom is -0.281 e. The second kappa shape index (κ2) is 39.1. The zero-order valence-electron chi connectivity index (χ0n) is 7.70. The molecule has 1 rings (SSSR count). The van der Waals surface area contributed by atoms with Crippen molar-refractivity contribution in [1.29, 1.82) is 0 Å². The van der Waals surface area contributed by atoms with Crippen molar-refractivity contribution < 1.29 is 31.5 Å². The molecule has 0 bridgehead atoms. The van der Waals surface area contributed by atoms with E-state index in [2.05, 4.69) is 20.4 Å². The summed E-state index contributed by atoms with van der Waals surface area (Å²) in [6.07, 6.45) is 16.0. The second-order valence-corrected chi connectivity index (χ2v) is 1.54. The number of hydrogen-bond acceptors (Lipinski definition) is 3. The van der Waals surface area contributed by atoms with E-state index in [4.69, 9.17) is 14.4 Å². The molecule has 78 valence electrons. The maximum atomic E-state index is 7.50. The van der Waals surface area contributed by atoms with Crippen LogP contribution in [0.4, 0.5) is 0 Å². The zero-order chi connectivity index (χ0) is 11.7. The van der Waals surface area contributed by atoms with E-state index in [0.717, 1.165) is 0 Å². The fourth-order valence-electron chi connectivity index (χ4n) is 0.513. The minimum atomic E-state index is 0. The summed E-state index contributed by atoms with van der Waals surface area (Å²) in [4.78, 5) is 22.5. The van der Waals surface area contributed by atoms with Crippen LogP contribution in [0.25, 0.3) is 0 Å². The molecular formula is C11H8FeO3. The van der Waals surface area contributed by atoms with E-state index in [1.165, 1.54) is 0 Å². The predicted octanol–water partition coefficient (Wildman–Crippen LogP) is 1.03. The van der Waals surface area contributed by atoms with Gasteiger partial charge >= 0.3 is 0 Å². The molecule has 0 heterocycles. The molecule has 0 saturated heterocycles. The molecule has 0 atom stereocenters. The van der Waals surface area contributed by atoms with Crippen molar-refractivity contribution in [3.8, 4) is 0 Å². The topological polar surface area (TPSA) is 51.2 Å². The van der Waals surface area contributed by atoms with Crippen LogP contribution in [0, 0.1) is 0 Å². The van der Waals surface area contributed by atoms with E-state index >= 15 is 0 Å². The van der Waals surface area contributed by atoms with Gasteiger partial charge in [0.2, 0.25) is 0 Å². The van der Waals surface area contributed by atoms with Crippen LogP contribution < -0.4 is 0 Å². The first-order valence-corrected chi connectivity index (χ1v) is 3.28. The van der Waals surface area contributed by atoms with Crippen molar-refractivity contribution >= 4 is 20.4 Å². The van der Waals surface area contributed by atoms with Crippen LogP contribution in [-0.4, -0.2) is 20.4 Å². The van der Waals surface area contributed by atoms with Gasteiger partial charge in [0.1, 0.15) is 0 Å². The third kappa shape index (κ3) is 32.6. The number of rotatable bonds is 0. The van der Waals surface area contributed by atoms with Gasteiger partial charge in [0.05, 0.1) is 0 Å². The molecule has 0 aliphatic heterocycles. The summed E-state index contributed by atoms with van der Waals surface area (Å²) < 4.78 is 0. The van der Waals surface area contributed by atoms with Gasteiger partial charge in [0.15, 0.2) is 0 Å². The van der Waals surface area contributed by atoms with Crippen molar-refractivity contribution in [3.63, 3.8) is 0 Å². The van der Waals surface area contributed by atoms with E-state index in [-0.39, 0.29) is 17.1 Å². The molecule has 0 aromatic rings. The van der Waals surface area contributed by atoms with Gasteiger partial charge in [-0.2, -0.15) is 0 Å². The first-order valence-electron chi connectivity index (χ1n) is 3.28. The smallest absolute Gasteiger partial charge is 0.281 e. The van der Waals surface area contributed by atoms with Crippen molar-refractivity contribution in [2.24, 2.45) is 0 Å². The molecule has 0 aromatic carbocycles. The molecule has 0 saturated carbocycles. The third-order valence-corrected chi connectivity index (χ3v) is 0.889. The molecule has 1 aliphatic carbocycles. The quantitative estimate of drug-likeness (QED) is 0.598. The zero-order valence-corrected chi connectivity index (χ0v) is 8.80. The first-order chi connectivity index (χ1) is 7.00. The molecule has 4 heteroatoms. The van der Waals surface area contributed by atoms with Crippen LogP contribution in [0.1, 0.15) is 0 Å². The predicted molar refractivity (Wildman–Crippen MR) is 53.6 cm³/mol. The van der Waals surface area contributed by atoms with Gasteiger partial charge < -0.3 is 0 Å². The molecular weight excluding hydrogens is 236 g/mol. The van der Waals surface area contributed by atoms with Crippen molar-refractivity contribution in [3.05, 3.63) is 48.6 Å². The Hall–Kier alpha value is -1.51. The van der Waals surface area contributed by atoms with Crippen LogP contribution in [0.15, 0.2) is 48.6 Å². The van der Waals surface area contributed by atoms with Crippen LogP contribution in [0.3, 0.4) is 0 Å². The molecule has 1 aliphatic rings. The standard InChI is InChI=1S/C8H8.3CO.Fe/c1-2-4-6-8-7-5-3-1;3*1-2;/h1-8H;;;;/b2-1-,3-1?,4-2?,5-3-,6-4-,7-5?,8-6?,8-7-;;;;. The van der Waals surface area contributed by atoms with E-state index in [0.29, 0.717) is 0 Å². The molecule has 0 N–H and O–H groups in total. The summed E-state index contributed by atoms with van der Waals surface area (Å²) in [6, 6.07) is 0.